The minimum absolute atomic E-state index is 0.0456. The van der Waals surface area contributed by atoms with Crippen LogP contribution in [0.25, 0.3) is 0 Å². The van der Waals surface area contributed by atoms with Gasteiger partial charge in [-0.2, -0.15) is 15.0 Å². The lowest BCUT2D eigenvalue weighted by Crippen LogP contribution is -2.27. The van der Waals surface area contributed by atoms with E-state index < -0.39 is 23.5 Å². The number of benzene rings is 2. The molecule has 32 heavy (non-hydrogen) atoms. The highest BCUT2D eigenvalue weighted by atomic mass is 19.1. The summed E-state index contributed by atoms with van der Waals surface area (Å²) < 4.78 is 31.6. The zero-order valence-corrected chi connectivity index (χ0v) is 17.1. The molecule has 0 fully saturated rings. The number of carbonyl (C=O) groups is 2. The monoisotopic (exact) mass is 442 g/mol. The van der Waals surface area contributed by atoms with Gasteiger partial charge < -0.3 is 21.1 Å². The molecule has 0 radical (unpaired) electrons. The first-order valence-corrected chi connectivity index (χ1v) is 9.54. The van der Waals surface area contributed by atoms with Crippen molar-refractivity contribution in [3.8, 4) is 0 Å². The molecule has 3 aromatic rings. The number of para-hydroxylation sites is 1. The Hall–Kier alpha value is -4.15. The fraction of sp³-hybridized carbons (Fsp3) is 0.190. The Kier molecular flexibility index (Phi) is 7.21. The van der Waals surface area contributed by atoms with Crippen LogP contribution in [0, 0.1) is 18.6 Å². The molecule has 0 spiro atoms. The molecule has 0 unspecified atom stereocenters. The van der Waals surface area contributed by atoms with Gasteiger partial charge in [-0.25, -0.2) is 8.78 Å². The standard InChI is InChI=1S/C21H20F2N6O3/c1-12-4-2-3-5-16(12)26-21-28-17(27-20(24)29-21)11-32-18(30)8-9-25-19(31)14-7-6-13(22)10-15(14)23/h2-7,10H,8-9,11H2,1H3,(H,25,31)(H3,24,26,27,28,29). The summed E-state index contributed by atoms with van der Waals surface area (Å²) in [6, 6.07) is 10.1. The fourth-order valence-corrected chi connectivity index (χ4v) is 2.66. The third kappa shape index (κ3) is 6.17. The second-order valence-electron chi connectivity index (χ2n) is 6.66. The molecule has 0 atom stereocenters. The summed E-state index contributed by atoms with van der Waals surface area (Å²) in [6.45, 7) is 1.56. The van der Waals surface area contributed by atoms with Gasteiger partial charge in [-0.1, -0.05) is 18.2 Å². The Labute approximate surface area is 182 Å². The fourth-order valence-electron chi connectivity index (χ4n) is 2.66. The first-order valence-electron chi connectivity index (χ1n) is 9.54. The highest BCUT2D eigenvalue weighted by Crippen LogP contribution is 2.18. The van der Waals surface area contributed by atoms with Crippen molar-refractivity contribution in [1.82, 2.24) is 20.3 Å². The largest absolute Gasteiger partial charge is 0.457 e. The van der Waals surface area contributed by atoms with Gasteiger partial charge >= 0.3 is 5.97 Å². The Morgan fingerprint density at radius 3 is 2.62 bits per heavy atom. The molecular formula is C21H20F2N6O3. The number of halogens is 2. The normalized spacial score (nSPS) is 10.5. The van der Waals surface area contributed by atoms with Crippen LogP contribution in [-0.4, -0.2) is 33.4 Å². The lowest BCUT2D eigenvalue weighted by molar-refractivity contribution is -0.145. The van der Waals surface area contributed by atoms with Gasteiger partial charge in [-0.3, -0.25) is 9.59 Å². The maximum Gasteiger partial charge on any atom is 0.308 e. The molecule has 1 heterocycles. The average molecular weight is 442 g/mol. The van der Waals surface area contributed by atoms with Crippen molar-refractivity contribution in [3.05, 3.63) is 71.1 Å². The van der Waals surface area contributed by atoms with Crippen LogP contribution in [0.1, 0.15) is 28.2 Å². The molecule has 166 valence electrons. The number of hydrogen-bond acceptors (Lipinski definition) is 8. The summed E-state index contributed by atoms with van der Waals surface area (Å²) in [6.07, 6.45) is -0.177. The van der Waals surface area contributed by atoms with Crippen molar-refractivity contribution in [2.24, 2.45) is 0 Å². The number of anilines is 3. The molecule has 0 saturated heterocycles. The molecule has 0 aliphatic rings. The van der Waals surface area contributed by atoms with E-state index >= 15 is 0 Å². The van der Waals surface area contributed by atoms with Crippen LogP contribution in [0.2, 0.25) is 0 Å². The molecule has 4 N–H and O–H groups in total. The molecule has 3 rings (SSSR count). The number of esters is 1. The van der Waals surface area contributed by atoms with Gasteiger partial charge in [0.25, 0.3) is 5.91 Å². The highest BCUT2D eigenvalue weighted by Gasteiger charge is 2.14. The zero-order valence-electron chi connectivity index (χ0n) is 17.1. The third-order valence-corrected chi connectivity index (χ3v) is 4.24. The minimum Gasteiger partial charge on any atom is -0.457 e. The molecule has 1 aromatic heterocycles. The predicted octanol–water partition coefficient (Wildman–Crippen LogP) is 2.65. The average Bonchev–Trinajstić information content (AvgIpc) is 2.73. The lowest BCUT2D eigenvalue weighted by Gasteiger charge is -2.10. The van der Waals surface area contributed by atoms with Crippen molar-refractivity contribution in [2.45, 2.75) is 20.0 Å². The SMILES string of the molecule is Cc1ccccc1Nc1nc(N)nc(COC(=O)CCNC(=O)c2ccc(F)cc2F)n1. The molecule has 0 bridgehead atoms. The molecule has 0 aliphatic heterocycles. The lowest BCUT2D eigenvalue weighted by atomic mass is 10.2. The number of amides is 1. The molecule has 0 saturated carbocycles. The van der Waals surface area contributed by atoms with E-state index in [4.69, 9.17) is 10.5 Å². The molecule has 2 aromatic carbocycles. The van der Waals surface area contributed by atoms with Gasteiger partial charge in [0.05, 0.1) is 12.0 Å². The molecular weight excluding hydrogens is 422 g/mol. The number of nitrogens with zero attached hydrogens (tertiary/aromatic N) is 3. The summed E-state index contributed by atoms with van der Waals surface area (Å²) >= 11 is 0. The van der Waals surface area contributed by atoms with Gasteiger partial charge in [0.15, 0.2) is 12.4 Å². The van der Waals surface area contributed by atoms with Crippen LogP contribution in [0.15, 0.2) is 42.5 Å². The van der Waals surface area contributed by atoms with Gasteiger partial charge in [0.2, 0.25) is 11.9 Å². The molecule has 11 heteroatoms. The van der Waals surface area contributed by atoms with Crippen LogP contribution in [0.5, 0.6) is 0 Å². The number of carbonyl (C=O) groups excluding carboxylic acids is 2. The number of aromatic nitrogens is 3. The molecule has 0 aliphatic carbocycles. The Morgan fingerprint density at radius 1 is 1.09 bits per heavy atom. The van der Waals surface area contributed by atoms with Crippen LogP contribution >= 0.6 is 0 Å². The Morgan fingerprint density at radius 2 is 1.88 bits per heavy atom. The number of ether oxygens (including phenoxy) is 1. The van der Waals surface area contributed by atoms with Gasteiger partial charge in [0.1, 0.15) is 11.6 Å². The minimum atomic E-state index is -0.993. The van der Waals surface area contributed by atoms with E-state index in [0.29, 0.717) is 6.07 Å². The van der Waals surface area contributed by atoms with E-state index in [0.717, 1.165) is 23.4 Å². The van der Waals surface area contributed by atoms with Crippen molar-refractivity contribution in [3.63, 3.8) is 0 Å². The van der Waals surface area contributed by atoms with Crippen LogP contribution in [0.4, 0.5) is 26.4 Å². The second kappa shape index (κ2) is 10.2. The van der Waals surface area contributed by atoms with E-state index in [1.165, 1.54) is 0 Å². The van der Waals surface area contributed by atoms with Crippen LogP contribution in [-0.2, 0) is 16.1 Å². The molecule has 1 amide bonds. The number of aryl methyl sites for hydroxylation is 1. The van der Waals surface area contributed by atoms with E-state index in [9.17, 15) is 18.4 Å². The Balaban J connectivity index is 1.49. The molecule has 9 nitrogen and oxygen atoms in total. The number of nitrogens with one attached hydrogen (secondary N) is 2. The van der Waals surface area contributed by atoms with Crippen LogP contribution < -0.4 is 16.4 Å². The van der Waals surface area contributed by atoms with E-state index in [2.05, 4.69) is 25.6 Å². The van der Waals surface area contributed by atoms with Crippen molar-refractivity contribution in [2.75, 3.05) is 17.6 Å². The van der Waals surface area contributed by atoms with Gasteiger partial charge in [-0.15, -0.1) is 0 Å². The smallest absolute Gasteiger partial charge is 0.308 e. The maximum atomic E-state index is 13.6. The van der Waals surface area contributed by atoms with Crippen molar-refractivity contribution < 1.29 is 23.1 Å². The first kappa shape index (κ1) is 22.5. The second-order valence-corrected chi connectivity index (χ2v) is 6.66. The quantitative estimate of drug-likeness (QED) is 0.454. The van der Waals surface area contributed by atoms with Gasteiger partial charge in [-0.05, 0) is 30.7 Å². The summed E-state index contributed by atoms with van der Waals surface area (Å²) in [4.78, 5) is 36.0. The summed E-state index contributed by atoms with van der Waals surface area (Å²) in [5, 5.41) is 5.39. The summed E-state index contributed by atoms with van der Waals surface area (Å²) in [5.74, 6) is -2.90. The number of nitrogen functional groups attached to an aromatic ring is 1. The third-order valence-electron chi connectivity index (χ3n) is 4.24. The van der Waals surface area contributed by atoms with Gasteiger partial charge in [0, 0.05) is 18.3 Å². The topological polar surface area (TPSA) is 132 Å². The Bertz CT molecular complexity index is 1140. The highest BCUT2D eigenvalue weighted by molar-refractivity contribution is 5.94. The predicted molar refractivity (Wildman–Crippen MR) is 112 cm³/mol. The van der Waals surface area contributed by atoms with Crippen LogP contribution in [0.3, 0.4) is 0 Å². The zero-order chi connectivity index (χ0) is 23.1. The number of nitrogens with two attached hydrogens (primary N) is 1. The summed E-state index contributed by atoms with van der Waals surface area (Å²) in [5.41, 5.74) is 7.14. The first-order chi connectivity index (χ1) is 15.3. The van der Waals surface area contributed by atoms with E-state index in [1.54, 1.807) is 0 Å². The van der Waals surface area contributed by atoms with Crippen molar-refractivity contribution in [1.29, 1.82) is 0 Å². The summed E-state index contributed by atoms with van der Waals surface area (Å²) in [7, 11) is 0. The van der Waals surface area contributed by atoms with Crippen molar-refractivity contribution >= 4 is 29.5 Å². The maximum absolute atomic E-state index is 13.6. The van der Waals surface area contributed by atoms with E-state index in [1.807, 2.05) is 31.2 Å². The number of hydrogen-bond donors (Lipinski definition) is 3. The number of rotatable bonds is 8. The van der Waals surface area contributed by atoms with E-state index in [-0.39, 0.29) is 42.9 Å².